The summed E-state index contributed by atoms with van der Waals surface area (Å²) in [5, 5.41) is 3.81. The second kappa shape index (κ2) is 8.10. The van der Waals surface area contributed by atoms with Crippen molar-refractivity contribution in [1.29, 1.82) is 0 Å². The van der Waals surface area contributed by atoms with Crippen molar-refractivity contribution < 1.29 is 18.7 Å². The Morgan fingerprint density at radius 1 is 0.897 bits per heavy atom. The van der Waals surface area contributed by atoms with Gasteiger partial charge in [0.15, 0.2) is 0 Å². The van der Waals surface area contributed by atoms with E-state index in [1.54, 1.807) is 20.3 Å². The lowest BCUT2D eigenvalue weighted by atomic mass is 10.0. The average molecular weight is 387 g/mol. The van der Waals surface area contributed by atoms with Gasteiger partial charge in [-0.25, -0.2) is 0 Å². The molecule has 1 N–H and O–H groups in total. The Balaban J connectivity index is 1.68. The van der Waals surface area contributed by atoms with Crippen LogP contribution in [0.1, 0.15) is 16.1 Å². The molecule has 29 heavy (non-hydrogen) atoms. The summed E-state index contributed by atoms with van der Waals surface area (Å²) in [6, 6.07) is 22.9. The first-order chi connectivity index (χ1) is 14.2. The number of fused-ring (bicyclic) bond motifs is 1. The number of hydrogen-bond donors (Lipinski definition) is 1. The van der Waals surface area contributed by atoms with Gasteiger partial charge in [-0.2, -0.15) is 0 Å². The number of methoxy groups -OCH3 is 2. The molecule has 5 heteroatoms. The minimum atomic E-state index is -0.269. The zero-order valence-corrected chi connectivity index (χ0v) is 16.3. The fourth-order valence-electron chi connectivity index (χ4n) is 3.26. The number of carbonyl (C=O) groups is 1. The first-order valence-corrected chi connectivity index (χ1v) is 9.26. The molecule has 0 unspecified atom stereocenters. The fraction of sp³-hybridized carbons (Fsp3) is 0.125. The number of hydrogen-bond acceptors (Lipinski definition) is 4. The molecule has 0 spiro atoms. The zero-order valence-electron chi connectivity index (χ0n) is 16.3. The highest BCUT2D eigenvalue weighted by Gasteiger charge is 2.22. The van der Waals surface area contributed by atoms with E-state index in [0.717, 1.165) is 27.8 Å². The van der Waals surface area contributed by atoms with Gasteiger partial charge in [-0.05, 0) is 35.4 Å². The summed E-state index contributed by atoms with van der Waals surface area (Å²) in [6.45, 7) is 0.386. The number of amides is 1. The standard InChI is InChI=1S/C24H21NO4/c1-27-18-10-8-16(9-11-18)15-25-24(26)23-22(17-6-4-3-5-7-17)20-13-12-19(28-2)14-21(20)29-23/h3-14H,15H2,1-2H3,(H,25,26). The predicted molar refractivity (Wildman–Crippen MR) is 112 cm³/mol. The summed E-state index contributed by atoms with van der Waals surface area (Å²) in [7, 11) is 3.23. The van der Waals surface area contributed by atoms with E-state index in [-0.39, 0.29) is 11.7 Å². The van der Waals surface area contributed by atoms with Gasteiger partial charge in [0.1, 0.15) is 17.1 Å². The molecule has 0 radical (unpaired) electrons. The van der Waals surface area contributed by atoms with Crippen LogP contribution in [0.5, 0.6) is 11.5 Å². The highest BCUT2D eigenvalue weighted by Crippen LogP contribution is 2.36. The number of carbonyl (C=O) groups excluding carboxylic acids is 1. The normalized spacial score (nSPS) is 10.7. The van der Waals surface area contributed by atoms with Gasteiger partial charge in [-0.1, -0.05) is 42.5 Å². The van der Waals surface area contributed by atoms with Crippen LogP contribution in [0.15, 0.2) is 77.2 Å². The van der Waals surface area contributed by atoms with E-state index in [1.165, 1.54) is 0 Å². The zero-order chi connectivity index (χ0) is 20.2. The van der Waals surface area contributed by atoms with Crippen LogP contribution >= 0.6 is 0 Å². The smallest absolute Gasteiger partial charge is 0.287 e. The molecule has 0 fully saturated rings. The molecule has 0 saturated carbocycles. The number of benzene rings is 3. The molecule has 1 amide bonds. The molecule has 146 valence electrons. The molecule has 0 aliphatic carbocycles. The summed E-state index contributed by atoms with van der Waals surface area (Å²) < 4.78 is 16.4. The summed E-state index contributed by atoms with van der Waals surface area (Å²) in [6.07, 6.45) is 0. The third-order valence-electron chi connectivity index (χ3n) is 4.78. The van der Waals surface area contributed by atoms with Gasteiger partial charge in [-0.3, -0.25) is 4.79 Å². The van der Waals surface area contributed by atoms with Gasteiger partial charge in [0.25, 0.3) is 5.91 Å². The predicted octanol–water partition coefficient (Wildman–Crippen LogP) is 5.05. The molecular weight excluding hydrogens is 366 g/mol. The van der Waals surface area contributed by atoms with Crippen LogP contribution in [0.2, 0.25) is 0 Å². The average Bonchev–Trinajstić information content (AvgIpc) is 3.17. The number of nitrogens with one attached hydrogen (secondary N) is 1. The molecular formula is C24H21NO4. The molecule has 0 aliphatic rings. The monoisotopic (exact) mass is 387 g/mol. The van der Waals surface area contributed by atoms with E-state index >= 15 is 0 Å². The Morgan fingerprint density at radius 3 is 2.28 bits per heavy atom. The van der Waals surface area contributed by atoms with Gasteiger partial charge in [0.2, 0.25) is 5.76 Å². The molecule has 4 rings (SSSR count). The molecule has 1 aromatic heterocycles. The van der Waals surface area contributed by atoms with E-state index in [1.807, 2.05) is 66.7 Å². The van der Waals surface area contributed by atoms with Crippen molar-refractivity contribution in [2.75, 3.05) is 14.2 Å². The number of ether oxygens (including phenoxy) is 2. The van der Waals surface area contributed by atoms with Crippen molar-refractivity contribution in [2.24, 2.45) is 0 Å². The summed E-state index contributed by atoms with van der Waals surface area (Å²) >= 11 is 0. The highest BCUT2D eigenvalue weighted by atomic mass is 16.5. The summed E-state index contributed by atoms with van der Waals surface area (Å²) in [4.78, 5) is 13.0. The molecule has 0 bridgehead atoms. The van der Waals surface area contributed by atoms with Crippen molar-refractivity contribution in [3.8, 4) is 22.6 Å². The lowest BCUT2D eigenvalue weighted by Gasteiger charge is -2.07. The van der Waals surface area contributed by atoms with Crippen molar-refractivity contribution in [2.45, 2.75) is 6.54 Å². The minimum absolute atomic E-state index is 0.269. The van der Waals surface area contributed by atoms with Crippen LogP contribution in [0.4, 0.5) is 0 Å². The van der Waals surface area contributed by atoms with Crippen LogP contribution in [-0.4, -0.2) is 20.1 Å². The van der Waals surface area contributed by atoms with Gasteiger partial charge in [0, 0.05) is 23.6 Å². The largest absolute Gasteiger partial charge is 0.497 e. The molecule has 4 aromatic rings. The van der Waals surface area contributed by atoms with Crippen molar-refractivity contribution in [3.63, 3.8) is 0 Å². The van der Waals surface area contributed by atoms with Gasteiger partial charge in [0.05, 0.1) is 14.2 Å². The highest BCUT2D eigenvalue weighted by molar-refractivity contribution is 6.08. The Labute approximate surface area is 168 Å². The Kier molecular flexibility index (Phi) is 5.20. The Hall–Kier alpha value is -3.73. The fourth-order valence-corrected chi connectivity index (χ4v) is 3.26. The molecule has 0 saturated heterocycles. The molecule has 5 nitrogen and oxygen atoms in total. The van der Waals surface area contributed by atoms with Crippen molar-refractivity contribution >= 4 is 16.9 Å². The van der Waals surface area contributed by atoms with E-state index in [2.05, 4.69) is 5.32 Å². The number of rotatable bonds is 6. The lowest BCUT2D eigenvalue weighted by molar-refractivity contribution is 0.0926. The molecule has 0 atom stereocenters. The minimum Gasteiger partial charge on any atom is -0.497 e. The Morgan fingerprint density at radius 2 is 1.59 bits per heavy atom. The second-order valence-electron chi connectivity index (χ2n) is 6.57. The molecule has 0 aliphatic heterocycles. The van der Waals surface area contributed by atoms with Crippen LogP contribution in [0.25, 0.3) is 22.1 Å². The topological polar surface area (TPSA) is 60.7 Å². The third kappa shape index (κ3) is 3.80. The van der Waals surface area contributed by atoms with E-state index in [4.69, 9.17) is 13.9 Å². The van der Waals surface area contributed by atoms with Gasteiger partial charge < -0.3 is 19.2 Å². The van der Waals surface area contributed by atoms with Crippen LogP contribution in [-0.2, 0) is 6.54 Å². The summed E-state index contributed by atoms with van der Waals surface area (Å²) in [5.41, 5.74) is 3.28. The van der Waals surface area contributed by atoms with Gasteiger partial charge >= 0.3 is 0 Å². The van der Waals surface area contributed by atoms with Crippen LogP contribution in [0, 0.1) is 0 Å². The van der Waals surface area contributed by atoms with Crippen LogP contribution < -0.4 is 14.8 Å². The SMILES string of the molecule is COc1ccc(CNC(=O)c2oc3cc(OC)ccc3c2-c2ccccc2)cc1. The second-order valence-corrected chi connectivity index (χ2v) is 6.57. The maximum atomic E-state index is 13.0. The maximum absolute atomic E-state index is 13.0. The lowest BCUT2D eigenvalue weighted by Crippen LogP contribution is -2.22. The van der Waals surface area contributed by atoms with Crippen LogP contribution in [0.3, 0.4) is 0 Å². The first-order valence-electron chi connectivity index (χ1n) is 9.26. The van der Waals surface area contributed by atoms with E-state index in [0.29, 0.717) is 17.9 Å². The Bertz CT molecular complexity index is 1130. The maximum Gasteiger partial charge on any atom is 0.287 e. The van der Waals surface area contributed by atoms with E-state index < -0.39 is 0 Å². The summed E-state index contributed by atoms with van der Waals surface area (Å²) in [5.74, 6) is 1.47. The number of furan rings is 1. The molecule has 1 heterocycles. The van der Waals surface area contributed by atoms with Crippen molar-refractivity contribution in [1.82, 2.24) is 5.32 Å². The quantitative estimate of drug-likeness (QED) is 0.503. The third-order valence-corrected chi connectivity index (χ3v) is 4.78. The van der Waals surface area contributed by atoms with E-state index in [9.17, 15) is 4.79 Å². The molecule has 3 aromatic carbocycles. The van der Waals surface area contributed by atoms with Gasteiger partial charge in [-0.15, -0.1) is 0 Å². The first kappa shape index (κ1) is 18.6. The van der Waals surface area contributed by atoms with Crippen molar-refractivity contribution in [3.05, 3.63) is 84.1 Å².